The zero-order valence-electron chi connectivity index (χ0n) is 9.10. The Morgan fingerprint density at radius 1 is 1.38 bits per heavy atom. The van der Waals surface area contributed by atoms with Crippen molar-refractivity contribution in [3.05, 3.63) is 29.3 Å². The van der Waals surface area contributed by atoms with Gasteiger partial charge in [-0.2, -0.15) is 0 Å². The first-order valence-electron chi connectivity index (χ1n) is 5.60. The molecule has 1 aliphatic rings. The number of benzene rings is 1. The fourth-order valence-corrected chi connectivity index (χ4v) is 1.96. The Morgan fingerprint density at radius 2 is 2.25 bits per heavy atom. The van der Waals surface area contributed by atoms with Crippen molar-refractivity contribution in [1.29, 1.82) is 0 Å². The van der Waals surface area contributed by atoms with Gasteiger partial charge < -0.3 is 10.6 Å². The average Bonchev–Trinajstić information content (AvgIpc) is 2.28. The highest BCUT2D eigenvalue weighted by atomic mass is 19.3. The van der Waals surface area contributed by atoms with E-state index in [-0.39, 0.29) is 6.54 Å². The number of hydrogen-bond donors (Lipinski definition) is 2. The largest absolute Gasteiger partial charge is 0.385 e. The van der Waals surface area contributed by atoms with E-state index >= 15 is 0 Å². The summed E-state index contributed by atoms with van der Waals surface area (Å²) >= 11 is 0. The van der Waals surface area contributed by atoms with Crippen LogP contribution in [-0.4, -0.2) is 19.5 Å². The van der Waals surface area contributed by atoms with Crippen molar-refractivity contribution in [2.45, 2.75) is 25.8 Å². The molecule has 2 rings (SSSR count). The number of anilines is 1. The normalized spacial score (nSPS) is 14.7. The van der Waals surface area contributed by atoms with Crippen molar-refractivity contribution in [3.8, 4) is 0 Å². The molecule has 0 aromatic heterocycles. The van der Waals surface area contributed by atoms with Crippen molar-refractivity contribution in [2.75, 3.05) is 18.4 Å². The predicted molar refractivity (Wildman–Crippen MR) is 61.0 cm³/mol. The van der Waals surface area contributed by atoms with Crippen LogP contribution >= 0.6 is 0 Å². The lowest BCUT2D eigenvalue weighted by Gasteiger charge is -2.18. The third-order valence-electron chi connectivity index (χ3n) is 2.74. The van der Waals surface area contributed by atoms with Gasteiger partial charge in [-0.15, -0.1) is 0 Å². The molecule has 0 spiro atoms. The molecule has 0 unspecified atom stereocenters. The molecule has 0 fully saturated rings. The van der Waals surface area contributed by atoms with Crippen molar-refractivity contribution in [2.24, 2.45) is 0 Å². The summed E-state index contributed by atoms with van der Waals surface area (Å²) in [7, 11) is 0. The Balaban J connectivity index is 1.95. The standard InChI is InChI=1S/C12H16F2N2/c13-12(14)8-15-7-9-3-4-11-10(6-9)2-1-5-16-11/h3-4,6,12,15-16H,1-2,5,7-8H2. The highest BCUT2D eigenvalue weighted by molar-refractivity contribution is 5.54. The lowest BCUT2D eigenvalue weighted by molar-refractivity contribution is 0.145. The van der Waals surface area contributed by atoms with Crippen LogP contribution in [0.4, 0.5) is 14.5 Å². The summed E-state index contributed by atoms with van der Waals surface area (Å²) in [5.74, 6) is 0. The Bertz CT molecular complexity index is 353. The number of rotatable bonds is 4. The van der Waals surface area contributed by atoms with Crippen molar-refractivity contribution in [1.82, 2.24) is 5.32 Å². The van der Waals surface area contributed by atoms with Gasteiger partial charge in [-0.05, 0) is 30.0 Å². The van der Waals surface area contributed by atoms with E-state index in [4.69, 9.17) is 0 Å². The SMILES string of the molecule is FC(F)CNCc1ccc2c(c1)CCCN2. The molecule has 0 saturated carbocycles. The van der Waals surface area contributed by atoms with E-state index in [1.165, 1.54) is 11.3 Å². The number of hydrogen-bond acceptors (Lipinski definition) is 2. The van der Waals surface area contributed by atoms with E-state index in [1.54, 1.807) is 0 Å². The maximum absolute atomic E-state index is 11.9. The summed E-state index contributed by atoms with van der Waals surface area (Å²) in [5.41, 5.74) is 3.55. The first kappa shape index (κ1) is 11.3. The molecule has 0 radical (unpaired) electrons. The summed E-state index contributed by atoms with van der Waals surface area (Å²) in [6.45, 7) is 1.29. The summed E-state index contributed by atoms with van der Waals surface area (Å²) in [6.07, 6.45) is -0.0642. The van der Waals surface area contributed by atoms with Crippen LogP contribution in [0.15, 0.2) is 18.2 Å². The fraction of sp³-hybridized carbons (Fsp3) is 0.500. The minimum absolute atomic E-state index is 0.241. The van der Waals surface area contributed by atoms with Crippen LogP contribution in [-0.2, 0) is 13.0 Å². The van der Waals surface area contributed by atoms with Crippen LogP contribution in [0.3, 0.4) is 0 Å². The summed E-state index contributed by atoms with van der Waals surface area (Å²) in [5, 5.41) is 6.06. The van der Waals surface area contributed by atoms with Crippen molar-refractivity contribution in [3.63, 3.8) is 0 Å². The Hall–Kier alpha value is -1.16. The van der Waals surface area contributed by atoms with Crippen molar-refractivity contribution >= 4 is 5.69 Å². The molecule has 16 heavy (non-hydrogen) atoms. The van der Waals surface area contributed by atoms with Crippen LogP contribution in [0, 0.1) is 0 Å². The van der Waals surface area contributed by atoms with Gasteiger partial charge in [0.05, 0.1) is 6.54 Å². The molecular weight excluding hydrogens is 210 g/mol. The molecule has 2 nitrogen and oxygen atoms in total. The first-order chi connectivity index (χ1) is 7.75. The van der Waals surface area contributed by atoms with E-state index in [9.17, 15) is 8.78 Å². The molecule has 0 saturated heterocycles. The lowest BCUT2D eigenvalue weighted by Crippen LogP contribution is -2.21. The van der Waals surface area contributed by atoms with Gasteiger partial charge in [0, 0.05) is 18.8 Å². The topological polar surface area (TPSA) is 24.1 Å². The Kier molecular flexibility index (Phi) is 3.72. The van der Waals surface area contributed by atoms with Gasteiger partial charge in [0.1, 0.15) is 0 Å². The highest BCUT2D eigenvalue weighted by Gasteiger charge is 2.08. The van der Waals surface area contributed by atoms with Crippen LogP contribution < -0.4 is 10.6 Å². The van der Waals surface area contributed by atoms with Crippen LogP contribution in [0.5, 0.6) is 0 Å². The number of nitrogens with one attached hydrogen (secondary N) is 2. The predicted octanol–water partition coefficient (Wildman–Crippen LogP) is 2.40. The third-order valence-corrected chi connectivity index (χ3v) is 2.74. The number of aryl methyl sites for hydroxylation is 1. The molecule has 1 aliphatic heterocycles. The summed E-state index contributed by atoms with van der Waals surface area (Å²) in [4.78, 5) is 0. The number of alkyl halides is 2. The third kappa shape index (κ3) is 2.92. The zero-order chi connectivity index (χ0) is 11.4. The summed E-state index contributed by atoms with van der Waals surface area (Å²) in [6, 6.07) is 6.11. The van der Waals surface area contributed by atoms with E-state index in [1.807, 2.05) is 12.1 Å². The summed E-state index contributed by atoms with van der Waals surface area (Å²) < 4.78 is 23.9. The van der Waals surface area contributed by atoms with Crippen LogP contribution in [0.2, 0.25) is 0 Å². The average molecular weight is 226 g/mol. The van der Waals surface area contributed by atoms with E-state index in [0.29, 0.717) is 6.54 Å². The fourth-order valence-electron chi connectivity index (χ4n) is 1.96. The second-order valence-electron chi connectivity index (χ2n) is 4.04. The molecule has 0 aliphatic carbocycles. The van der Waals surface area contributed by atoms with Gasteiger partial charge in [-0.3, -0.25) is 0 Å². The molecule has 2 N–H and O–H groups in total. The first-order valence-corrected chi connectivity index (χ1v) is 5.60. The van der Waals surface area contributed by atoms with Gasteiger partial charge in [0.2, 0.25) is 0 Å². The molecule has 0 amide bonds. The van der Waals surface area contributed by atoms with Gasteiger partial charge in [-0.25, -0.2) is 8.78 Å². The van der Waals surface area contributed by atoms with Crippen LogP contribution in [0.25, 0.3) is 0 Å². The second-order valence-corrected chi connectivity index (χ2v) is 4.04. The molecule has 0 atom stereocenters. The van der Waals surface area contributed by atoms with Gasteiger partial charge >= 0.3 is 0 Å². The number of halogens is 2. The highest BCUT2D eigenvalue weighted by Crippen LogP contribution is 2.22. The van der Waals surface area contributed by atoms with E-state index < -0.39 is 6.43 Å². The molecular formula is C12H16F2N2. The van der Waals surface area contributed by atoms with Crippen LogP contribution in [0.1, 0.15) is 17.5 Å². The molecule has 0 bridgehead atoms. The number of fused-ring (bicyclic) bond motifs is 1. The van der Waals surface area contributed by atoms with Gasteiger partial charge in [-0.1, -0.05) is 12.1 Å². The molecule has 1 aromatic rings. The van der Waals surface area contributed by atoms with E-state index in [2.05, 4.69) is 16.7 Å². The maximum atomic E-state index is 11.9. The second kappa shape index (κ2) is 5.25. The smallest absolute Gasteiger partial charge is 0.250 e. The molecule has 1 heterocycles. The molecule has 4 heteroatoms. The molecule has 88 valence electrons. The minimum atomic E-state index is -2.28. The van der Waals surface area contributed by atoms with Gasteiger partial charge in [0.15, 0.2) is 0 Å². The lowest BCUT2D eigenvalue weighted by atomic mass is 10.0. The quantitative estimate of drug-likeness (QED) is 0.823. The molecule has 1 aromatic carbocycles. The van der Waals surface area contributed by atoms with Crippen molar-refractivity contribution < 1.29 is 8.78 Å². The minimum Gasteiger partial charge on any atom is -0.385 e. The maximum Gasteiger partial charge on any atom is 0.250 e. The Labute approximate surface area is 94.0 Å². The monoisotopic (exact) mass is 226 g/mol. The Morgan fingerprint density at radius 3 is 3.06 bits per heavy atom. The van der Waals surface area contributed by atoms with Gasteiger partial charge in [0.25, 0.3) is 6.43 Å². The van der Waals surface area contributed by atoms with E-state index in [0.717, 1.165) is 24.9 Å². The zero-order valence-corrected chi connectivity index (χ0v) is 9.10.